The molecule has 42 valence electrons. The molecule has 0 bridgehead atoms. The summed E-state index contributed by atoms with van der Waals surface area (Å²) in [5.41, 5.74) is 0.994. The van der Waals surface area contributed by atoms with Gasteiger partial charge in [0.05, 0.1) is 0 Å². The fourth-order valence-corrected chi connectivity index (χ4v) is 0.332. The first-order valence-electron chi connectivity index (χ1n) is 1.30. The van der Waals surface area contributed by atoms with E-state index in [-0.39, 0.29) is 0 Å². The van der Waals surface area contributed by atoms with Crippen molar-refractivity contribution in [1.29, 1.82) is 0 Å². The van der Waals surface area contributed by atoms with Gasteiger partial charge in [-0.25, -0.2) is 0 Å². The average Bonchev–Trinajstić information content (AvgIpc) is 1.61. The highest BCUT2D eigenvalue weighted by Gasteiger charge is 1.80. The topological polar surface area (TPSA) is 46.5 Å². The van der Waals surface area contributed by atoms with E-state index in [1.807, 2.05) is 0 Å². The summed E-state index contributed by atoms with van der Waals surface area (Å²) in [6, 6.07) is 0. The lowest BCUT2D eigenvalue weighted by Crippen LogP contribution is -1.83. The second-order valence-corrected chi connectivity index (χ2v) is 1.45. The van der Waals surface area contributed by atoms with E-state index in [4.69, 9.17) is 16.2 Å². The Morgan fingerprint density at radius 1 is 1.86 bits per heavy atom. The van der Waals surface area contributed by atoms with Gasteiger partial charge in [0.2, 0.25) is 0 Å². The fraction of sp³-hybridized carbons (Fsp3) is 0. The molecule has 3 nitrogen and oxygen atoms in total. The Morgan fingerprint density at radius 3 is 2.57 bits per heavy atom. The molecule has 0 spiro atoms. The predicted molar refractivity (Wildman–Crippen MR) is 26.8 cm³/mol. The van der Waals surface area contributed by atoms with Crippen LogP contribution in [0.25, 0.3) is 0 Å². The molecule has 0 saturated heterocycles. The quantitative estimate of drug-likeness (QED) is 0.459. The van der Waals surface area contributed by atoms with Crippen LogP contribution in [0.3, 0.4) is 0 Å². The van der Waals surface area contributed by atoms with E-state index in [1.165, 1.54) is 0 Å². The Kier molecular flexibility index (Phi) is 4.07. The van der Waals surface area contributed by atoms with Crippen LogP contribution < -0.4 is 0 Å². The summed E-state index contributed by atoms with van der Waals surface area (Å²) in [7, 11) is 0. The lowest BCUT2D eigenvalue weighted by atomic mass is 11.2. The Balaban J connectivity index is 3.14. The highest BCUT2D eigenvalue weighted by atomic mass is 35.5. The molecule has 5 heteroatoms. The molecule has 0 aromatic rings. The molecule has 0 aromatic carbocycles. The first-order chi connectivity index (χ1) is 3.27. The number of hydrogen-bond acceptors (Lipinski definition) is 2. The molecule has 0 heterocycles. The van der Waals surface area contributed by atoms with Crippen LogP contribution in [0.1, 0.15) is 0 Å². The maximum absolute atomic E-state index is 9.54. The van der Waals surface area contributed by atoms with Gasteiger partial charge < -0.3 is 4.18 Å². The molecule has 0 saturated carbocycles. The van der Waals surface area contributed by atoms with Gasteiger partial charge in [0, 0.05) is 5.54 Å². The third kappa shape index (κ3) is 5.94. The van der Waals surface area contributed by atoms with Crippen LogP contribution in [0, 0.1) is 0 Å². The van der Waals surface area contributed by atoms with Crippen LogP contribution in [0.15, 0.2) is 11.8 Å². The molecule has 0 amide bonds. The molecule has 1 N–H and O–H groups in total. The van der Waals surface area contributed by atoms with Gasteiger partial charge in [0.1, 0.15) is 6.26 Å². The number of rotatable bonds is 2. The van der Waals surface area contributed by atoms with Gasteiger partial charge in [-0.3, -0.25) is 4.55 Å². The van der Waals surface area contributed by atoms with Crippen molar-refractivity contribution in [1.82, 2.24) is 0 Å². The van der Waals surface area contributed by atoms with Crippen LogP contribution in [-0.2, 0) is 15.5 Å². The summed E-state index contributed by atoms with van der Waals surface area (Å²) in [5.74, 6) is 0. The van der Waals surface area contributed by atoms with E-state index in [0.717, 1.165) is 11.8 Å². The van der Waals surface area contributed by atoms with Crippen molar-refractivity contribution in [3.63, 3.8) is 0 Å². The molecule has 0 aromatic heterocycles. The summed E-state index contributed by atoms with van der Waals surface area (Å²) in [5, 5.41) is 0. The average molecular weight is 143 g/mol. The summed E-state index contributed by atoms with van der Waals surface area (Å²) >= 11 is 2.66. The molecular formula is C2H3ClO3S. The van der Waals surface area contributed by atoms with Gasteiger partial charge in [-0.2, -0.15) is 4.21 Å². The van der Waals surface area contributed by atoms with Gasteiger partial charge in [-0.05, 0) is 0 Å². The zero-order valence-electron chi connectivity index (χ0n) is 3.20. The second kappa shape index (κ2) is 4.11. The van der Waals surface area contributed by atoms with Crippen molar-refractivity contribution in [3.8, 4) is 0 Å². The molecule has 0 aliphatic carbocycles. The standard InChI is InChI=1S/C2H3ClO3S/c3-1-2-6-7(4)5/h1-2H,(H,4,5). The summed E-state index contributed by atoms with van der Waals surface area (Å²) in [6.07, 6.45) is 0.914. The first-order valence-corrected chi connectivity index (χ1v) is 2.77. The van der Waals surface area contributed by atoms with E-state index in [9.17, 15) is 4.21 Å². The minimum Gasteiger partial charge on any atom is -0.387 e. The molecule has 0 fully saturated rings. The summed E-state index contributed by atoms with van der Waals surface area (Å²) < 4.78 is 21.3. The third-order valence-corrected chi connectivity index (χ3v) is 0.568. The highest BCUT2D eigenvalue weighted by Crippen LogP contribution is 1.82. The van der Waals surface area contributed by atoms with Crippen molar-refractivity contribution in [2.45, 2.75) is 0 Å². The Morgan fingerprint density at radius 2 is 2.43 bits per heavy atom. The smallest absolute Gasteiger partial charge is 0.356 e. The lowest BCUT2D eigenvalue weighted by Gasteiger charge is -1.83. The van der Waals surface area contributed by atoms with E-state index in [2.05, 4.69) is 4.18 Å². The molecule has 1 atom stereocenters. The summed E-state index contributed by atoms with van der Waals surface area (Å²) in [6.45, 7) is 0. The SMILES string of the molecule is O=S(O)OC=CCl. The minimum absolute atomic E-state index is 0.914. The summed E-state index contributed by atoms with van der Waals surface area (Å²) in [4.78, 5) is 0. The molecule has 1 unspecified atom stereocenters. The van der Waals surface area contributed by atoms with Crippen molar-refractivity contribution in [3.05, 3.63) is 11.8 Å². The Bertz CT molecular complexity index is 90.9. The monoisotopic (exact) mass is 142 g/mol. The normalized spacial score (nSPS) is 14.6. The maximum Gasteiger partial charge on any atom is 0.356 e. The first kappa shape index (κ1) is 6.94. The van der Waals surface area contributed by atoms with Gasteiger partial charge in [-0.1, -0.05) is 11.6 Å². The van der Waals surface area contributed by atoms with Gasteiger partial charge in [-0.15, -0.1) is 0 Å². The minimum atomic E-state index is -2.24. The Labute approximate surface area is 48.4 Å². The van der Waals surface area contributed by atoms with Crippen LogP contribution in [0.5, 0.6) is 0 Å². The molecule has 7 heavy (non-hydrogen) atoms. The number of hydrogen-bond donors (Lipinski definition) is 1. The van der Waals surface area contributed by atoms with Crippen molar-refractivity contribution >= 4 is 23.0 Å². The van der Waals surface area contributed by atoms with Gasteiger partial charge in [0.25, 0.3) is 0 Å². The predicted octanol–water partition coefficient (Wildman–Crippen LogP) is 0.850. The van der Waals surface area contributed by atoms with E-state index >= 15 is 0 Å². The van der Waals surface area contributed by atoms with Crippen molar-refractivity contribution < 1.29 is 12.9 Å². The molecule has 0 radical (unpaired) electrons. The largest absolute Gasteiger partial charge is 0.387 e. The fourth-order valence-electron chi connectivity index (χ4n) is 0.0685. The van der Waals surface area contributed by atoms with E-state index in [1.54, 1.807) is 0 Å². The zero-order chi connectivity index (χ0) is 5.70. The van der Waals surface area contributed by atoms with Crippen molar-refractivity contribution in [2.75, 3.05) is 0 Å². The molecular weight excluding hydrogens is 140 g/mol. The van der Waals surface area contributed by atoms with E-state index < -0.39 is 11.4 Å². The molecule has 0 rings (SSSR count). The van der Waals surface area contributed by atoms with Crippen LogP contribution >= 0.6 is 11.6 Å². The third-order valence-electron chi connectivity index (χ3n) is 0.189. The maximum atomic E-state index is 9.54. The molecule has 0 aliphatic heterocycles. The van der Waals surface area contributed by atoms with Gasteiger partial charge in [0.15, 0.2) is 0 Å². The van der Waals surface area contributed by atoms with E-state index in [0.29, 0.717) is 0 Å². The van der Waals surface area contributed by atoms with Crippen LogP contribution in [-0.4, -0.2) is 8.76 Å². The zero-order valence-corrected chi connectivity index (χ0v) is 4.78. The Hall–Kier alpha value is -0.0600. The molecule has 0 aliphatic rings. The number of halogens is 1. The lowest BCUT2D eigenvalue weighted by molar-refractivity contribution is 0.420. The van der Waals surface area contributed by atoms with Crippen LogP contribution in [0.4, 0.5) is 0 Å². The highest BCUT2D eigenvalue weighted by molar-refractivity contribution is 7.74. The van der Waals surface area contributed by atoms with Gasteiger partial charge >= 0.3 is 11.4 Å². The second-order valence-electron chi connectivity index (χ2n) is 0.575. The van der Waals surface area contributed by atoms with Crippen LogP contribution in [0.2, 0.25) is 0 Å². The van der Waals surface area contributed by atoms with Crippen molar-refractivity contribution in [2.24, 2.45) is 0 Å².